The first kappa shape index (κ1) is 14.8. The second kappa shape index (κ2) is 5.24. The zero-order valence-corrected chi connectivity index (χ0v) is 13.7. The van der Waals surface area contributed by atoms with Crippen LogP contribution in [0.15, 0.2) is 43.0 Å². The second-order valence-electron chi connectivity index (χ2n) is 6.90. The Bertz CT molecular complexity index is 922. The monoisotopic (exact) mass is 337 g/mol. The molecular weight excluding hydrogens is 318 g/mol. The van der Waals surface area contributed by atoms with Crippen LogP contribution in [-0.2, 0) is 0 Å². The Labute approximate surface area is 144 Å². The van der Waals surface area contributed by atoms with Crippen molar-refractivity contribution in [2.75, 3.05) is 11.4 Å². The Balaban J connectivity index is 1.65. The van der Waals surface area contributed by atoms with Gasteiger partial charge in [-0.15, -0.1) is 0 Å². The van der Waals surface area contributed by atoms with Gasteiger partial charge in [0.05, 0.1) is 11.6 Å². The third-order valence-electron chi connectivity index (χ3n) is 5.65. The molecule has 0 amide bonds. The van der Waals surface area contributed by atoms with Crippen molar-refractivity contribution >= 4 is 17.0 Å². The average molecular weight is 337 g/mol. The molecule has 2 atom stereocenters. The van der Waals surface area contributed by atoms with Crippen LogP contribution in [0, 0.1) is 0 Å². The van der Waals surface area contributed by atoms with E-state index in [1.807, 2.05) is 39.8 Å². The number of nitrogens with zero attached hydrogens (tertiary/aromatic N) is 5. The van der Waals surface area contributed by atoms with E-state index in [0.717, 1.165) is 30.6 Å². The molecule has 25 heavy (non-hydrogen) atoms. The first-order chi connectivity index (χ1) is 12.2. The van der Waals surface area contributed by atoms with Crippen LogP contribution < -0.4 is 4.90 Å². The van der Waals surface area contributed by atoms with E-state index < -0.39 is 17.7 Å². The van der Waals surface area contributed by atoms with Crippen molar-refractivity contribution in [3.05, 3.63) is 43.0 Å². The first-order valence-corrected chi connectivity index (χ1v) is 8.58. The van der Waals surface area contributed by atoms with Gasteiger partial charge in [0.15, 0.2) is 17.0 Å². The minimum Gasteiger partial charge on any atom is -0.388 e. The van der Waals surface area contributed by atoms with Crippen LogP contribution in [0.1, 0.15) is 19.3 Å². The van der Waals surface area contributed by atoms with Gasteiger partial charge in [-0.2, -0.15) is 0 Å². The van der Waals surface area contributed by atoms with Gasteiger partial charge < -0.3 is 15.1 Å². The number of hydrogen-bond acceptors (Lipinski definition) is 6. The molecule has 128 valence electrons. The molecular formula is C18H19N5O2. The summed E-state index contributed by atoms with van der Waals surface area (Å²) in [6.45, 7) is 0.367. The van der Waals surface area contributed by atoms with Crippen molar-refractivity contribution in [1.29, 1.82) is 0 Å². The number of rotatable bonds is 2. The molecule has 7 nitrogen and oxygen atoms in total. The molecule has 1 saturated heterocycles. The highest BCUT2D eigenvalue weighted by Gasteiger charge is 2.57. The molecule has 0 unspecified atom stereocenters. The molecule has 2 aromatic heterocycles. The molecule has 1 saturated carbocycles. The molecule has 1 spiro atoms. The molecule has 0 radical (unpaired) electrons. The van der Waals surface area contributed by atoms with Gasteiger partial charge in [0, 0.05) is 12.2 Å². The van der Waals surface area contributed by atoms with Crippen LogP contribution in [-0.4, -0.2) is 54.0 Å². The van der Waals surface area contributed by atoms with Crippen molar-refractivity contribution in [3.8, 4) is 5.69 Å². The van der Waals surface area contributed by atoms with E-state index in [4.69, 9.17) is 0 Å². The molecule has 3 aromatic rings. The fourth-order valence-electron chi connectivity index (χ4n) is 4.19. The summed E-state index contributed by atoms with van der Waals surface area (Å²) in [5.74, 6) is 0.690. The van der Waals surface area contributed by atoms with Gasteiger partial charge in [0.1, 0.15) is 18.8 Å². The van der Waals surface area contributed by atoms with E-state index in [0.29, 0.717) is 17.9 Å². The topological polar surface area (TPSA) is 87.3 Å². The van der Waals surface area contributed by atoms with Crippen molar-refractivity contribution in [3.63, 3.8) is 0 Å². The zero-order chi connectivity index (χ0) is 17.0. The summed E-state index contributed by atoms with van der Waals surface area (Å²) in [6, 6.07) is 9.91. The number of imidazole rings is 1. The quantitative estimate of drug-likeness (QED) is 0.732. The lowest BCUT2D eigenvalue weighted by Crippen LogP contribution is -2.56. The molecule has 7 heteroatoms. The maximum Gasteiger partial charge on any atom is 0.170 e. The fourth-order valence-corrected chi connectivity index (χ4v) is 4.19. The highest BCUT2D eigenvalue weighted by molar-refractivity contribution is 5.85. The molecule has 3 heterocycles. The Morgan fingerprint density at radius 2 is 1.84 bits per heavy atom. The van der Waals surface area contributed by atoms with E-state index in [1.165, 1.54) is 6.33 Å². The summed E-state index contributed by atoms with van der Waals surface area (Å²) in [6.07, 6.45) is 4.53. The van der Waals surface area contributed by atoms with Gasteiger partial charge in [-0.3, -0.25) is 4.57 Å². The number of fused-ring (bicyclic) bond motifs is 1. The van der Waals surface area contributed by atoms with Gasteiger partial charge in [-0.1, -0.05) is 18.2 Å². The second-order valence-corrected chi connectivity index (χ2v) is 6.90. The van der Waals surface area contributed by atoms with Crippen molar-refractivity contribution in [1.82, 2.24) is 19.5 Å². The molecule has 2 N–H and O–H groups in total. The number of aliphatic hydroxyl groups is 2. The van der Waals surface area contributed by atoms with E-state index >= 15 is 0 Å². The molecule has 1 aliphatic heterocycles. The highest BCUT2D eigenvalue weighted by Crippen LogP contribution is 2.48. The number of benzene rings is 1. The lowest BCUT2D eigenvalue weighted by atomic mass is 9.72. The van der Waals surface area contributed by atoms with Crippen molar-refractivity contribution in [2.45, 2.75) is 37.0 Å². The van der Waals surface area contributed by atoms with Crippen LogP contribution in [0.25, 0.3) is 16.9 Å². The lowest BCUT2D eigenvalue weighted by molar-refractivity contribution is -0.0120. The summed E-state index contributed by atoms with van der Waals surface area (Å²) < 4.78 is 1.93. The van der Waals surface area contributed by atoms with Crippen molar-refractivity contribution < 1.29 is 10.2 Å². The Kier molecular flexibility index (Phi) is 3.10. The first-order valence-electron chi connectivity index (χ1n) is 8.58. The minimum absolute atomic E-state index is 0.367. The number of para-hydroxylation sites is 1. The number of anilines is 1. The Hall–Kier alpha value is -2.51. The predicted octanol–water partition coefficient (Wildman–Crippen LogP) is 1.28. The van der Waals surface area contributed by atoms with E-state index in [-0.39, 0.29) is 0 Å². The van der Waals surface area contributed by atoms with E-state index in [2.05, 4.69) is 15.0 Å². The van der Waals surface area contributed by atoms with E-state index in [9.17, 15) is 10.2 Å². The van der Waals surface area contributed by atoms with Gasteiger partial charge in [0.25, 0.3) is 0 Å². The number of aromatic nitrogens is 4. The summed E-state index contributed by atoms with van der Waals surface area (Å²) in [4.78, 5) is 15.5. The van der Waals surface area contributed by atoms with Crippen molar-refractivity contribution in [2.24, 2.45) is 0 Å². The lowest BCUT2D eigenvalue weighted by Gasteiger charge is -2.47. The third kappa shape index (κ3) is 1.96. The van der Waals surface area contributed by atoms with Gasteiger partial charge >= 0.3 is 0 Å². The fraction of sp³-hybridized carbons (Fsp3) is 0.389. The van der Waals surface area contributed by atoms with Gasteiger partial charge in [0.2, 0.25) is 0 Å². The van der Waals surface area contributed by atoms with Crippen LogP contribution in [0.4, 0.5) is 5.82 Å². The van der Waals surface area contributed by atoms with E-state index in [1.54, 1.807) is 6.33 Å². The maximum absolute atomic E-state index is 10.5. The summed E-state index contributed by atoms with van der Waals surface area (Å²) in [5.41, 5.74) is 1.98. The smallest absolute Gasteiger partial charge is 0.170 e. The zero-order valence-electron chi connectivity index (χ0n) is 13.7. The molecule has 2 aliphatic rings. The average Bonchev–Trinajstić information content (AvgIpc) is 3.15. The van der Waals surface area contributed by atoms with Gasteiger partial charge in [-0.25, -0.2) is 15.0 Å². The highest BCUT2D eigenvalue weighted by atomic mass is 16.3. The number of β-amino-alcohol motifs (C(OH)–C–C–N with tert-alkyl or cyclic N) is 1. The van der Waals surface area contributed by atoms with Crippen LogP contribution in [0.2, 0.25) is 0 Å². The normalized spacial score (nSPS) is 24.8. The Morgan fingerprint density at radius 1 is 1.04 bits per heavy atom. The largest absolute Gasteiger partial charge is 0.388 e. The molecule has 1 aromatic carbocycles. The Morgan fingerprint density at radius 3 is 2.56 bits per heavy atom. The SMILES string of the molecule is O[C@@H]1CN(c2ncnc3c2ncn3-c2ccccc2)C2(CCC2)[C@@H]1O. The number of hydrogen-bond donors (Lipinski definition) is 2. The summed E-state index contributed by atoms with van der Waals surface area (Å²) in [7, 11) is 0. The molecule has 5 rings (SSSR count). The summed E-state index contributed by atoms with van der Waals surface area (Å²) in [5, 5.41) is 20.7. The van der Waals surface area contributed by atoms with Crippen LogP contribution in [0.3, 0.4) is 0 Å². The van der Waals surface area contributed by atoms with Gasteiger partial charge in [-0.05, 0) is 31.4 Å². The molecule has 2 fully saturated rings. The van der Waals surface area contributed by atoms with Crippen LogP contribution in [0.5, 0.6) is 0 Å². The summed E-state index contributed by atoms with van der Waals surface area (Å²) >= 11 is 0. The van der Waals surface area contributed by atoms with Crippen LogP contribution >= 0.6 is 0 Å². The third-order valence-corrected chi connectivity index (χ3v) is 5.65. The predicted molar refractivity (Wildman–Crippen MR) is 92.6 cm³/mol. The maximum atomic E-state index is 10.5. The standard InChI is InChI=1S/C18H19N5O2/c24-13-9-23(18(15(13)25)7-4-8-18)17-14-16(19-10-20-17)22(11-21-14)12-5-2-1-3-6-12/h1-3,5-6,10-11,13,15,24-25H,4,7-9H2/t13-,15-/m1/s1. The molecule has 1 aliphatic carbocycles. The number of aliphatic hydroxyl groups excluding tert-OH is 2. The minimum atomic E-state index is -0.762. The molecule has 0 bridgehead atoms.